The van der Waals surface area contributed by atoms with Gasteiger partial charge in [-0.2, -0.15) is 0 Å². The zero-order valence-corrected chi connectivity index (χ0v) is 7.40. The third kappa shape index (κ3) is 1.97. The van der Waals surface area contributed by atoms with E-state index in [1.165, 1.54) is 12.1 Å². The predicted molar refractivity (Wildman–Crippen MR) is 50.5 cm³/mol. The average Bonchev–Trinajstić information content (AvgIpc) is 2.16. The highest BCUT2D eigenvalue weighted by atomic mass is 19.1. The van der Waals surface area contributed by atoms with E-state index >= 15 is 0 Å². The van der Waals surface area contributed by atoms with Gasteiger partial charge in [-0.15, -0.1) is 6.58 Å². The van der Waals surface area contributed by atoms with Crippen LogP contribution in [0.5, 0.6) is 0 Å². The first-order valence-corrected chi connectivity index (χ1v) is 3.97. The molecule has 0 saturated heterocycles. The van der Waals surface area contributed by atoms with Crippen LogP contribution in [0.3, 0.4) is 0 Å². The van der Waals surface area contributed by atoms with E-state index in [0.29, 0.717) is 0 Å². The molecule has 1 aromatic carbocycles. The van der Waals surface area contributed by atoms with Crippen LogP contribution in [-0.4, -0.2) is 11.1 Å². The van der Waals surface area contributed by atoms with Gasteiger partial charge in [-0.1, -0.05) is 6.08 Å². The molecule has 14 heavy (non-hydrogen) atoms. The summed E-state index contributed by atoms with van der Waals surface area (Å²) in [6.45, 7) is 3.43. The minimum Gasteiger partial charge on any atom is -0.478 e. The quantitative estimate of drug-likeness (QED) is 0.721. The standard InChI is InChI=1S/C10H10FNO2/c1-2-9(12)8-5-6(11)3-4-7(8)10(13)14/h2-5,9H,1,12H2,(H,13,14). The monoisotopic (exact) mass is 195 g/mol. The van der Waals surface area contributed by atoms with Crippen LogP contribution in [0.4, 0.5) is 4.39 Å². The largest absolute Gasteiger partial charge is 0.478 e. The third-order valence-electron chi connectivity index (χ3n) is 1.86. The second-order valence-corrected chi connectivity index (χ2v) is 2.80. The number of hydrogen-bond donors (Lipinski definition) is 2. The predicted octanol–water partition coefficient (Wildman–Crippen LogP) is 1.71. The topological polar surface area (TPSA) is 63.3 Å². The van der Waals surface area contributed by atoms with Gasteiger partial charge in [0.25, 0.3) is 0 Å². The molecule has 0 spiro atoms. The number of rotatable bonds is 3. The van der Waals surface area contributed by atoms with Gasteiger partial charge in [0.15, 0.2) is 0 Å². The first kappa shape index (κ1) is 10.4. The van der Waals surface area contributed by atoms with Crippen molar-refractivity contribution in [1.82, 2.24) is 0 Å². The molecule has 74 valence electrons. The van der Waals surface area contributed by atoms with Gasteiger partial charge in [0.05, 0.1) is 5.56 Å². The molecule has 0 amide bonds. The van der Waals surface area contributed by atoms with Crippen molar-refractivity contribution in [2.75, 3.05) is 0 Å². The molecule has 0 radical (unpaired) electrons. The van der Waals surface area contributed by atoms with Crippen molar-refractivity contribution in [2.24, 2.45) is 5.73 Å². The first-order chi connectivity index (χ1) is 6.56. The molecule has 0 aliphatic rings. The van der Waals surface area contributed by atoms with E-state index in [-0.39, 0.29) is 11.1 Å². The van der Waals surface area contributed by atoms with Gasteiger partial charge in [-0.05, 0) is 23.8 Å². The van der Waals surface area contributed by atoms with Crippen LogP contribution < -0.4 is 5.73 Å². The Kier molecular flexibility index (Phi) is 2.99. The first-order valence-electron chi connectivity index (χ1n) is 3.97. The summed E-state index contributed by atoms with van der Waals surface area (Å²) in [5.41, 5.74) is 5.78. The van der Waals surface area contributed by atoms with Gasteiger partial charge in [-0.25, -0.2) is 9.18 Å². The summed E-state index contributed by atoms with van der Waals surface area (Å²) < 4.78 is 12.8. The van der Waals surface area contributed by atoms with Crippen LogP contribution in [0, 0.1) is 5.82 Å². The molecule has 0 aliphatic heterocycles. The summed E-state index contributed by atoms with van der Waals surface area (Å²) in [6, 6.07) is 2.71. The van der Waals surface area contributed by atoms with Crippen LogP contribution in [0.2, 0.25) is 0 Å². The number of carbonyl (C=O) groups is 1. The Morgan fingerprint density at radius 2 is 2.29 bits per heavy atom. The smallest absolute Gasteiger partial charge is 0.336 e. The summed E-state index contributed by atoms with van der Waals surface area (Å²) >= 11 is 0. The minimum atomic E-state index is -1.13. The maximum Gasteiger partial charge on any atom is 0.336 e. The number of carboxylic acids is 1. The van der Waals surface area contributed by atoms with Gasteiger partial charge in [-0.3, -0.25) is 0 Å². The number of hydrogen-bond acceptors (Lipinski definition) is 2. The highest BCUT2D eigenvalue weighted by Gasteiger charge is 2.14. The highest BCUT2D eigenvalue weighted by molar-refractivity contribution is 5.89. The number of benzene rings is 1. The lowest BCUT2D eigenvalue weighted by atomic mass is 10.0. The van der Waals surface area contributed by atoms with E-state index < -0.39 is 17.8 Å². The molecule has 0 aliphatic carbocycles. The Morgan fingerprint density at radius 1 is 1.64 bits per heavy atom. The van der Waals surface area contributed by atoms with Gasteiger partial charge < -0.3 is 10.8 Å². The summed E-state index contributed by atoms with van der Waals surface area (Å²) in [5.74, 6) is -1.64. The van der Waals surface area contributed by atoms with E-state index in [1.54, 1.807) is 0 Å². The third-order valence-corrected chi connectivity index (χ3v) is 1.86. The van der Waals surface area contributed by atoms with E-state index in [0.717, 1.165) is 12.1 Å². The van der Waals surface area contributed by atoms with Gasteiger partial charge in [0, 0.05) is 6.04 Å². The SMILES string of the molecule is C=CC(N)c1cc(F)ccc1C(=O)O. The molecule has 1 unspecified atom stereocenters. The number of nitrogens with two attached hydrogens (primary N) is 1. The molecule has 3 nitrogen and oxygen atoms in total. The fourth-order valence-electron chi connectivity index (χ4n) is 1.13. The average molecular weight is 195 g/mol. The Balaban J connectivity index is 3.29. The number of carboxylic acid groups (broad SMARTS) is 1. The lowest BCUT2D eigenvalue weighted by molar-refractivity contribution is 0.0695. The maximum absolute atomic E-state index is 12.8. The number of aromatic carboxylic acids is 1. The molecular weight excluding hydrogens is 185 g/mol. The molecule has 0 saturated carbocycles. The summed E-state index contributed by atoms with van der Waals surface area (Å²) in [4.78, 5) is 10.7. The van der Waals surface area contributed by atoms with E-state index in [2.05, 4.69) is 6.58 Å². The normalized spacial score (nSPS) is 12.1. The van der Waals surface area contributed by atoms with Gasteiger partial charge in [0.1, 0.15) is 5.82 Å². The van der Waals surface area contributed by atoms with Crippen molar-refractivity contribution in [2.45, 2.75) is 6.04 Å². The van der Waals surface area contributed by atoms with Gasteiger partial charge >= 0.3 is 5.97 Å². The fourth-order valence-corrected chi connectivity index (χ4v) is 1.13. The Hall–Kier alpha value is -1.68. The van der Waals surface area contributed by atoms with E-state index in [9.17, 15) is 9.18 Å². The molecule has 0 bridgehead atoms. The fraction of sp³-hybridized carbons (Fsp3) is 0.100. The summed E-state index contributed by atoms with van der Waals surface area (Å²) in [5, 5.41) is 8.79. The van der Waals surface area contributed by atoms with Crippen molar-refractivity contribution in [3.8, 4) is 0 Å². The molecule has 4 heteroatoms. The molecule has 1 aromatic rings. The second kappa shape index (κ2) is 4.02. The molecule has 0 aromatic heterocycles. The van der Waals surface area contributed by atoms with E-state index in [4.69, 9.17) is 10.8 Å². The summed E-state index contributed by atoms with van der Waals surface area (Å²) in [6.07, 6.45) is 1.36. The van der Waals surface area contributed by atoms with Crippen LogP contribution in [0.1, 0.15) is 22.0 Å². The van der Waals surface area contributed by atoms with Crippen LogP contribution in [-0.2, 0) is 0 Å². The molecule has 0 heterocycles. The molecule has 3 N–H and O–H groups in total. The van der Waals surface area contributed by atoms with Crippen molar-refractivity contribution < 1.29 is 14.3 Å². The highest BCUT2D eigenvalue weighted by Crippen LogP contribution is 2.18. The zero-order chi connectivity index (χ0) is 10.7. The molecule has 0 fully saturated rings. The molecule has 1 rings (SSSR count). The second-order valence-electron chi connectivity index (χ2n) is 2.80. The van der Waals surface area contributed by atoms with Crippen LogP contribution in [0.15, 0.2) is 30.9 Å². The lowest BCUT2D eigenvalue weighted by Gasteiger charge is -2.09. The molecular formula is C10H10FNO2. The van der Waals surface area contributed by atoms with Crippen molar-refractivity contribution >= 4 is 5.97 Å². The number of halogens is 1. The Morgan fingerprint density at radius 3 is 2.79 bits per heavy atom. The van der Waals surface area contributed by atoms with E-state index in [1.807, 2.05) is 0 Å². The van der Waals surface area contributed by atoms with Crippen molar-refractivity contribution in [3.05, 3.63) is 47.8 Å². The summed E-state index contributed by atoms with van der Waals surface area (Å²) in [7, 11) is 0. The van der Waals surface area contributed by atoms with Crippen molar-refractivity contribution in [1.29, 1.82) is 0 Å². The van der Waals surface area contributed by atoms with Crippen LogP contribution >= 0.6 is 0 Å². The van der Waals surface area contributed by atoms with Crippen molar-refractivity contribution in [3.63, 3.8) is 0 Å². The maximum atomic E-state index is 12.8. The van der Waals surface area contributed by atoms with Gasteiger partial charge in [0.2, 0.25) is 0 Å². The van der Waals surface area contributed by atoms with Crippen LogP contribution in [0.25, 0.3) is 0 Å². The Bertz CT molecular complexity index is 376. The zero-order valence-electron chi connectivity index (χ0n) is 7.40. The molecule has 1 atom stereocenters. The minimum absolute atomic E-state index is 0.00111. The Labute approximate surface area is 80.7 Å². The lowest BCUT2D eigenvalue weighted by Crippen LogP contribution is -2.13.